The molecule has 0 aliphatic rings. The zero-order valence-electron chi connectivity index (χ0n) is 11.0. The summed E-state index contributed by atoms with van der Waals surface area (Å²) >= 11 is 0. The van der Waals surface area contributed by atoms with Crippen LogP contribution in [0.1, 0.15) is 21.6 Å². The second-order valence-corrected chi connectivity index (χ2v) is 4.23. The number of amides is 2. The van der Waals surface area contributed by atoms with Gasteiger partial charge in [0.25, 0.3) is 5.91 Å². The molecule has 0 fully saturated rings. The van der Waals surface area contributed by atoms with Gasteiger partial charge in [-0.2, -0.15) is 0 Å². The Kier molecular flexibility index (Phi) is 4.39. The highest BCUT2D eigenvalue weighted by molar-refractivity contribution is 5.95. The maximum Gasteiger partial charge on any atom is 0.271 e. The summed E-state index contributed by atoms with van der Waals surface area (Å²) in [6, 6.07) is 6.91. The molecule has 0 spiro atoms. The molecule has 0 unspecified atom stereocenters. The van der Waals surface area contributed by atoms with Gasteiger partial charge in [0.2, 0.25) is 5.91 Å². The van der Waals surface area contributed by atoms with Crippen molar-refractivity contribution in [2.45, 2.75) is 13.3 Å². The smallest absolute Gasteiger partial charge is 0.271 e. The Morgan fingerprint density at radius 3 is 2.65 bits per heavy atom. The number of carbonyl (C=O) groups is 2. The molecular weight excluding hydrogens is 256 g/mol. The molecule has 6 nitrogen and oxygen atoms in total. The van der Waals surface area contributed by atoms with Crippen LogP contribution in [-0.4, -0.2) is 21.8 Å². The van der Waals surface area contributed by atoms with Crippen molar-refractivity contribution in [2.24, 2.45) is 0 Å². The van der Waals surface area contributed by atoms with Crippen LogP contribution >= 0.6 is 0 Å². The van der Waals surface area contributed by atoms with Crippen LogP contribution in [0.15, 0.2) is 42.9 Å². The Hall–Kier alpha value is -2.76. The van der Waals surface area contributed by atoms with E-state index in [0.717, 1.165) is 11.3 Å². The number of aromatic nitrogens is 2. The molecule has 0 aliphatic heterocycles. The third-order valence-corrected chi connectivity index (χ3v) is 2.58. The van der Waals surface area contributed by atoms with Crippen molar-refractivity contribution >= 4 is 11.8 Å². The lowest BCUT2D eigenvalue weighted by Gasteiger charge is -2.07. The second kappa shape index (κ2) is 6.42. The maximum absolute atomic E-state index is 11.7. The molecule has 2 N–H and O–H groups in total. The summed E-state index contributed by atoms with van der Waals surface area (Å²) in [5.41, 5.74) is 6.73. The van der Waals surface area contributed by atoms with Crippen molar-refractivity contribution in [2.75, 3.05) is 0 Å². The van der Waals surface area contributed by atoms with Crippen LogP contribution < -0.4 is 10.9 Å². The van der Waals surface area contributed by atoms with Gasteiger partial charge in [-0.1, -0.05) is 6.07 Å². The molecule has 102 valence electrons. The predicted molar refractivity (Wildman–Crippen MR) is 72.5 cm³/mol. The summed E-state index contributed by atoms with van der Waals surface area (Å²) in [6.45, 7) is 1.87. The van der Waals surface area contributed by atoms with E-state index in [1.54, 1.807) is 24.5 Å². The number of nitrogens with zero attached hydrogens (tertiary/aromatic N) is 2. The van der Waals surface area contributed by atoms with Crippen LogP contribution in [0.5, 0.6) is 0 Å². The van der Waals surface area contributed by atoms with E-state index in [1.807, 2.05) is 19.1 Å². The van der Waals surface area contributed by atoms with Crippen molar-refractivity contribution in [3.05, 3.63) is 59.7 Å². The number of hydrogen-bond donors (Lipinski definition) is 2. The van der Waals surface area contributed by atoms with E-state index >= 15 is 0 Å². The number of carbonyl (C=O) groups excluding carboxylic acids is 2. The summed E-state index contributed by atoms with van der Waals surface area (Å²) in [5.74, 6) is -0.721. The van der Waals surface area contributed by atoms with E-state index in [0.29, 0.717) is 5.56 Å². The number of nitrogens with one attached hydrogen (secondary N) is 2. The summed E-state index contributed by atoms with van der Waals surface area (Å²) in [4.78, 5) is 31.3. The number of hydrogen-bond acceptors (Lipinski definition) is 4. The van der Waals surface area contributed by atoms with Gasteiger partial charge >= 0.3 is 0 Å². The van der Waals surface area contributed by atoms with Gasteiger partial charge in [0.15, 0.2) is 0 Å². The topological polar surface area (TPSA) is 84.0 Å². The Morgan fingerprint density at radius 1 is 1.15 bits per heavy atom. The van der Waals surface area contributed by atoms with Crippen LogP contribution in [0.25, 0.3) is 0 Å². The maximum atomic E-state index is 11.7. The molecule has 2 heterocycles. The molecule has 0 radical (unpaired) electrons. The molecule has 20 heavy (non-hydrogen) atoms. The lowest BCUT2D eigenvalue weighted by atomic mass is 10.2. The van der Waals surface area contributed by atoms with Gasteiger partial charge in [0.05, 0.1) is 12.0 Å². The average Bonchev–Trinajstić information content (AvgIpc) is 2.48. The monoisotopic (exact) mass is 270 g/mol. The highest BCUT2D eigenvalue weighted by atomic mass is 16.2. The van der Waals surface area contributed by atoms with E-state index in [9.17, 15) is 9.59 Å². The average molecular weight is 270 g/mol. The lowest BCUT2D eigenvalue weighted by Crippen LogP contribution is -2.42. The lowest BCUT2D eigenvalue weighted by molar-refractivity contribution is -0.121. The fourth-order valence-corrected chi connectivity index (χ4v) is 1.53. The Bertz CT molecular complexity index is 596. The molecule has 2 amide bonds. The molecule has 2 rings (SSSR count). The molecule has 6 heteroatoms. The minimum absolute atomic E-state index is 0.153. The second-order valence-electron chi connectivity index (χ2n) is 4.23. The highest BCUT2D eigenvalue weighted by Crippen LogP contribution is 2.00. The first kappa shape index (κ1) is 13.7. The summed E-state index contributed by atoms with van der Waals surface area (Å²) in [6.07, 6.45) is 4.78. The van der Waals surface area contributed by atoms with Gasteiger partial charge in [-0.25, -0.2) is 0 Å². The van der Waals surface area contributed by atoms with Crippen molar-refractivity contribution < 1.29 is 9.59 Å². The van der Waals surface area contributed by atoms with Crippen LogP contribution in [0.3, 0.4) is 0 Å². The van der Waals surface area contributed by atoms with Gasteiger partial charge in [-0.3, -0.25) is 30.4 Å². The fraction of sp³-hybridized carbons (Fsp3) is 0.143. The van der Waals surface area contributed by atoms with Crippen molar-refractivity contribution in [1.29, 1.82) is 0 Å². The van der Waals surface area contributed by atoms with Crippen LogP contribution in [0.4, 0.5) is 0 Å². The molecule has 0 aromatic carbocycles. The third kappa shape index (κ3) is 3.88. The summed E-state index contributed by atoms with van der Waals surface area (Å²) in [7, 11) is 0. The van der Waals surface area contributed by atoms with Crippen LogP contribution in [-0.2, 0) is 11.2 Å². The predicted octanol–water partition coefficient (Wildman–Crippen LogP) is 0.789. The molecular formula is C14H14N4O2. The Balaban J connectivity index is 1.83. The molecule has 0 saturated heterocycles. The molecule has 2 aromatic heterocycles. The largest absolute Gasteiger partial charge is 0.273 e. The minimum Gasteiger partial charge on any atom is -0.273 e. The van der Waals surface area contributed by atoms with Crippen molar-refractivity contribution in [3.63, 3.8) is 0 Å². The first-order chi connectivity index (χ1) is 9.65. The molecule has 0 saturated carbocycles. The van der Waals surface area contributed by atoms with Gasteiger partial charge in [0.1, 0.15) is 0 Å². The molecule has 0 atom stereocenters. The first-order valence-corrected chi connectivity index (χ1v) is 6.06. The first-order valence-electron chi connectivity index (χ1n) is 6.06. The zero-order valence-corrected chi connectivity index (χ0v) is 11.0. The summed E-state index contributed by atoms with van der Waals surface area (Å²) in [5, 5.41) is 0. The Labute approximate surface area is 116 Å². The molecule has 2 aromatic rings. The van der Waals surface area contributed by atoms with Crippen molar-refractivity contribution in [1.82, 2.24) is 20.8 Å². The van der Waals surface area contributed by atoms with Crippen LogP contribution in [0, 0.1) is 6.92 Å². The molecule has 0 aliphatic carbocycles. The van der Waals surface area contributed by atoms with E-state index in [1.165, 1.54) is 6.20 Å². The normalized spacial score (nSPS) is 9.85. The number of aryl methyl sites for hydroxylation is 1. The van der Waals surface area contributed by atoms with E-state index in [2.05, 4.69) is 20.8 Å². The van der Waals surface area contributed by atoms with Gasteiger partial charge < -0.3 is 0 Å². The van der Waals surface area contributed by atoms with Gasteiger partial charge in [-0.05, 0) is 30.7 Å². The fourth-order valence-electron chi connectivity index (χ4n) is 1.53. The third-order valence-electron chi connectivity index (χ3n) is 2.58. The van der Waals surface area contributed by atoms with Crippen LogP contribution in [0.2, 0.25) is 0 Å². The summed E-state index contributed by atoms with van der Waals surface area (Å²) < 4.78 is 0. The highest BCUT2D eigenvalue weighted by Gasteiger charge is 2.07. The SMILES string of the molecule is Cc1ccc(CC(=O)NNC(=O)c2cccnc2)cn1. The quantitative estimate of drug-likeness (QED) is 0.808. The Morgan fingerprint density at radius 2 is 2.00 bits per heavy atom. The van der Waals surface area contributed by atoms with E-state index in [4.69, 9.17) is 0 Å². The molecule has 0 bridgehead atoms. The van der Waals surface area contributed by atoms with Gasteiger partial charge in [0, 0.05) is 24.3 Å². The standard InChI is InChI=1S/C14H14N4O2/c1-10-4-5-11(8-16-10)7-13(19)17-18-14(20)12-3-2-6-15-9-12/h2-6,8-9H,7H2,1H3,(H,17,19)(H,18,20). The van der Waals surface area contributed by atoms with Gasteiger partial charge in [-0.15, -0.1) is 0 Å². The van der Waals surface area contributed by atoms with E-state index < -0.39 is 5.91 Å². The minimum atomic E-state index is -0.409. The van der Waals surface area contributed by atoms with E-state index in [-0.39, 0.29) is 12.3 Å². The number of pyridine rings is 2. The number of hydrazine groups is 1. The number of rotatable bonds is 3. The zero-order chi connectivity index (χ0) is 14.4. The van der Waals surface area contributed by atoms with Crippen molar-refractivity contribution in [3.8, 4) is 0 Å².